The van der Waals surface area contributed by atoms with Gasteiger partial charge in [0.15, 0.2) is 6.11 Å². The van der Waals surface area contributed by atoms with Gasteiger partial charge >= 0.3 is 11.9 Å². The number of nitrogens with zero attached hydrogens (tertiary/aromatic N) is 2. The standard InChI is InChI=1S/C44H68N2O6/c1-11-13-15-17-23-27-31-49-45-41(3,4)33-37(34-42(45,5)6)51-39(47)29-25-21-19-20-22-26-30-40(48)52-38-35-43(7,8)46(44(9,10)36-38)50-32-28-24-18-16-14-12-2/h1,37-38H,12,14,16,18-22,24-26,28-30,32-36H2,2-10H3. The van der Waals surface area contributed by atoms with E-state index >= 15 is 0 Å². The second-order valence-corrected chi connectivity index (χ2v) is 17.1. The molecule has 8 nitrogen and oxygen atoms in total. The Morgan fingerprint density at radius 3 is 1.46 bits per heavy atom. The van der Waals surface area contributed by atoms with E-state index < -0.39 is 11.1 Å². The van der Waals surface area contributed by atoms with Gasteiger partial charge in [-0.25, -0.2) is 0 Å². The molecule has 0 aliphatic carbocycles. The van der Waals surface area contributed by atoms with Gasteiger partial charge in [0.2, 0.25) is 0 Å². The van der Waals surface area contributed by atoms with Crippen molar-refractivity contribution in [3.8, 4) is 48.1 Å². The van der Waals surface area contributed by atoms with E-state index in [0.717, 1.165) is 64.4 Å². The summed E-state index contributed by atoms with van der Waals surface area (Å²) in [7, 11) is 0. The minimum absolute atomic E-state index is 0.102. The Kier molecular flexibility index (Phi) is 19.2. The van der Waals surface area contributed by atoms with Gasteiger partial charge in [0, 0.05) is 67.4 Å². The van der Waals surface area contributed by atoms with Crippen molar-refractivity contribution in [2.45, 2.75) is 212 Å². The van der Waals surface area contributed by atoms with Gasteiger partial charge in [-0.2, -0.15) is 5.06 Å². The Balaban J connectivity index is 1.62. The largest absolute Gasteiger partial charge is 0.462 e. The molecule has 0 amide bonds. The molecule has 0 aromatic carbocycles. The van der Waals surface area contributed by atoms with E-state index in [2.05, 4.69) is 109 Å². The molecule has 52 heavy (non-hydrogen) atoms. The third-order valence-corrected chi connectivity index (χ3v) is 9.94. The summed E-state index contributed by atoms with van der Waals surface area (Å²) in [5.74, 6) is 14.6. The molecule has 0 saturated carbocycles. The maximum atomic E-state index is 12.8. The van der Waals surface area contributed by atoms with E-state index in [1.165, 1.54) is 32.1 Å². The third-order valence-electron chi connectivity index (χ3n) is 9.94. The number of unbranched alkanes of at least 4 members (excludes halogenated alkanes) is 10. The van der Waals surface area contributed by atoms with E-state index in [1.807, 2.05) is 5.06 Å². The first kappa shape index (κ1) is 45.0. The number of hydrogen-bond donors (Lipinski definition) is 0. The Labute approximate surface area is 317 Å². The SMILES string of the molecule is C#CC#CC#CC#CON1C(C)(C)CC(OC(=O)CCCCCCCCC(=O)OC2CC(C)(C)N(OCCCCCCCC)C(C)(C)C2)CC1(C)C. The molecule has 8 heteroatoms. The van der Waals surface area contributed by atoms with Crippen LogP contribution in [0.5, 0.6) is 0 Å². The fraction of sp³-hybridized carbons (Fsp3) is 0.773. The first-order valence-corrected chi connectivity index (χ1v) is 19.8. The Hall–Kier alpha value is -3.14. The second kappa shape index (κ2) is 22.2. The molecule has 0 aromatic rings. The van der Waals surface area contributed by atoms with Crippen LogP contribution in [0.1, 0.15) is 178 Å². The molecule has 2 heterocycles. The molecule has 0 spiro atoms. The van der Waals surface area contributed by atoms with Crippen molar-refractivity contribution in [1.29, 1.82) is 0 Å². The molecule has 0 atom stereocenters. The molecule has 2 saturated heterocycles. The quantitative estimate of drug-likeness (QED) is 0.0701. The van der Waals surface area contributed by atoms with Crippen molar-refractivity contribution in [2.75, 3.05) is 6.61 Å². The smallest absolute Gasteiger partial charge is 0.306 e. The third kappa shape index (κ3) is 16.3. The summed E-state index contributed by atoms with van der Waals surface area (Å²) in [6, 6.07) is 0. The predicted octanol–water partition coefficient (Wildman–Crippen LogP) is 9.06. The summed E-state index contributed by atoms with van der Waals surface area (Å²) in [4.78, 5) is 37.6. The van der Waals surface area contributed by atoms with Crippen LogP contribution in [0.3, 0.4) is 0 Å². The molecule has 0 aromatic heterocycles. The minimum atomic E-state index is -0.406. The summed E-state index contributed by atoms with van der Waals surface area (Å²) in [5, 5.41) is 4.03. The number of terminal acetylenes is 1. The average molecular weight is 721 g/mol. The van der Waals surface area contributed by atoms with Gasteiger partial charge in [-0.15, -0.1) is 11.5 Å². The second-order valence-electron chi connectivity index (χ2n) is 17.1. The zero-order valence-electron chi connectivity index (χ0n) is 34.0. The Morgan fingerprint density at radius 1 is 0.577 bits per heavy atom. The van der Waals surface area contributed by atoms with Crippen LogP contribution >= 0.6 is 0 Å². The lowest BCUT2D eigenvalue weighted by atomic mass is 9.80. The van der Waals surface area contributed by atoms with Crippen LogP contribution in [0.15, 0.2) is 0 Å². The fourth-order valence-corrected chi connectivity index (χ4v) is 8.10. The highest BCUT2D eigenvalue weighted by molar-refractivity contribution is 5.70. The highest BCUT2D eigenvalue weighted by atomic mass is 16.7. The zero-order chi connectivity index (χ0) is 38.7. The van der Waals surface area contributed by atoms with Gasteiger partial charge in [0.1, 0.15) is 12.2 Å². The highest BCUT2D eigenvalue weighted by Gasteiger charge is 2.49. The number of hydrogen-bond acceptors (Lipinski definition) is 8. The summed E-state index contributed by atoms with van der Waals surface area (Å²) in [6.45, 7) is 20.0. The van der Waals surface area contributed by atoms with Crippen LogP contribution in [0, 0.1) is 48.1 Å². The lowest BCUT2D eigenvalue weighted by Gasteiger charge is -2.53. The van der Waals surface area contributed by atoms with Crippen molar-refractivity contribution in [3.05, 3.63) is 0 Å². The molecule has 0 radical (unpaired) electrons. The minimum Gasteiger partial charge on any atom is -0.462 e. The van der Waals surface area contributed by atoms with Crippen molar-refractivity contribution < 1.29 is 28.7 Å². The van der Waals surface area contributed by atoms with Crippen molar-refractivity contribution in [2.24, 2.45) is 0 Å². The summed E-state index contributed by atoms with van der Waals surface area (Å²) < 4.78 is 11.9. The van der Waals surface area contributed by atoms with E-state index in [1.54, 1.807) is 0 Å². The molecule has 0 bridgehead atoms. The molecule has 2 rings (SSSR count). The highest BCUT2D eigenvalue weighted by Crippen LogP contribution is 2.41. The van der Waals surface area contributed by atoms with Gasteiger partial charge in [-0.3, -0.25) is 14.4 Å². The van der Waals surface area contributed by atoms with Crippen LogP contribution in [0.4, 0.5) is 0 Å². The predicted molar refractivity (Wildman–Crippen MR) is 208 cm³/mol. The Bertz CT molecular complexity index is 1320. The van der Waals surface area contributed by atoms with Crippen molar-refractivity contribution in [3.63, 3.8) is 0 Å². The molecule has 290 valence electrons. The number of rotatable bonds is 20. The number of carbonyl (C=O) groups excluding carboxylic acids is 2. The van der Waals surface area contributed by atoms with Gasteiger partial charge in [0.05, 0.1) is 17.7 Å². The average Bonchev–Trinajstić information content (AvgIpc) is 3.02. The van der Waals surface area contributed by atoms with Crippen LogP contribution in [0.2, 0.25) is 0 Å². The number of carbonyl (C=O) groups is 2. The monoisotopic (exact) mass is 721 g/mol. The molecule has 2 aliphatic rings. The van der Waals surface area contributed by atoms with Crippen LogP contribution < -0.4 is 0 Å². The first-order chi connectivity index (χ1) is 24.5. The maximum absolute atomic E-state index is 12.8. The van der Waals surface area contributed by atoms with Gasteiger partial charge in [-0.1, -0.05) is 64.7 Å². The van der Waals surface area contributed by atoms with E-state index in [9.17, 15) is 9.59 Å². The summed E-state index contributed by atoms with van der Waals surface area (Å²) in [6.07, 6.45) is 24.1. The Morgan fingerprint density at radius 2 is 0.981 bits per heavy atom. The van der Waals surface area contributed by atoms with Gasteiger partial charge in [-0.05, 0) is 92.4 Å². The molecule has 0 unspecified atom stereocenters. The fourth-order valence-electron chi connectivity index (χ4n) is 8.10. The molecule has 2 aliphatic heterocycles. The van der Waals surface area contributed by atoms with Crippen molar-refractivity contribution in [1.82, 2.24) is 10.1 Å². The topological polar surface area (TPSA) is 77.5 Å². The van der Waals surface area contributed by atoms with Gasteiger partial charge in [0.25, 0.3) is 0 Å². The van der Waals surface area contributed by atoms with E-state index in [4.69, 9.17) is 25.6 Å². The van der Waals surface area contributed by atoms with Crippen LogP contribution in [-0.2, 0) is 28.7 Å². The van der Waals surface area contributed by atoms with E-state index in [0.29, 0.717) is 25.7 Å². The molecular formula is C44H68N2O6. The first-order valence-electron chi connectivity index (χ1n) is 19.8. The molecular weight excluding hydrogens is 652 g/mol. The molecule has 2 fully saturated rings. The lowest BCUT2D eigenvalue weighted by molar-refractivity contribution is -0.293. The lowest BCUT2D eigenvalue weighted by Crippen LogP contribution is -2.62. The number of piperidine rings is 2. The van der Waals surface area contributed by atoms with Crippen LogP contribution in [-0.4, -0.2) is 63.0 Å². The van der Waals surface area contributed by atoms with E-state index in [-0.39, 0.29) is 35.2 Å². The zero-order valence-corrected chi connectivity index (χ0v) is 34.0. The molecule has 0 N–H and O–H groups in total. The summed E-state index contributed by atoms with van der Waals surface area (Å²) in [5.41, 5.74) is -1.24. The normalized spacial score (nSPS) is 19.4. The van der Waals surface area contributed by atoms with Gasteiger partial charge < -0.3 is 14.3 Å². The summed E-state index contributed by atoms with van der Waals surface area (Å²) >= 11 is 0. The maximum Gasteiger partial charge on any atom is 0.306 e. The number of esters is 2. The van der Waals surface area contributed by atoms with Crippen molar-refractivity contribution >= 4 is 11.9 Å². The number of ether oxygens (including phenoxy) is 2. The number of hydroxylamine groups is 4. The van der Waals surface area contributed by atoms with Crippen LogP contribution in [0.25, 0.3) is 0 Å².